The van der Waals surface area contributed by atoms with Crippen LogP contribution in [-0.2, 0) is 23.9 Å². The highest BCUT2D eigenvalue weighted by molar-refractivity contribution is 6.30. The van der Waals surface area contributed by atoms with Crippen molar-refractivity contribution in [1.82, 2.24) is 0 Å². The zero-order valence-electron chi connectivity index (χ0n) is 21.6. The van der Waals surface area contributed by atoms with E-state index in [1.165, 1.54) is 12.1 Å². The van der Waals surface area contributed by atoms with Crippen molar-refractivity contribution < 1.29 is 33.4 Å². The molecular weight excluding hydrogens is 524 g/mol. The molecule has 0 spiro atoms. The average Bonchev–Trinajstić information content (AvgIpc) is 2.92. The van der Waals surface area contributed by atoms with E-state index < -0.39 is 24.5 Å². The summed E-state index contributed by atoms with van der Waals surface area (Å²) in [6, 6.07) is 19.8. The number of carbonyl (C=O) groups excluding carboxylic acids is 4. The number of ether oxygens (including phenoxy) is 3. The normalized spacial score (nSPS) is 10.5. The third-order valence-electron chi connectivity index (χ3n) is 5.06. The Morgan fingerprint density at radius 2 is 1.26 bits per heavy atom. The fourth-order valence-electron chi connectivity index (χ4n) is 3.11. The lowest BCUT2D eigenvalue weighted by Gasteiger charge is -2.09. The summed E-state index contributed by atoms with van der Waals surface area (Å²) in [5, 5.41) is 5.87. The molecule has 0 aromatic heterocycles. The molecular formula is C29H29ClN2O7. The summed E-state index contributed by atoms with van der Waals surface area (Å²) in [6.45, 7) is 3.69. The van der Waals surface area contributed by atoms with Crippen molar-refractivity contribution in [1.29, 1.82) is 0 Å². The Labute approximate surface area is 231 Å². The second-order valence-corrected chi connectivity index (χ2v) is 9.34. The van der Waals surface area contributed by atoms with E-state index in [2.05, 4.69) is 10.6 Å². The number of nitrogens with one attached hydrogen (secondary N) is 2. The fraction of sp³-hybridized carbons (Fsp3) is 0.241. The largest absolute Gasteiger partial charge is 0.462 e. The number of hydrogen-bond donors (Lipinski definition) is 2. The van der Waals surface area contributed by atoms with Crippen molar-refractivity contribution in [2.75, 3.05) is 23.8 Å². The van der Waals surface area contributed by atoms with Gasteiger partial charge in [-0.05, 0) is 78.7 Å². The summed E-state index contributed by atoms with van der Waals surface area (Å²) in [5.74, 6) is -0.629. The lowest BCUT2D eigenvalue weighted by atomic mass is 10.2. The molecule has 0 fully saturated rings. The molecule has 3 aromatic carbocycles. The molecule has 2 amide bonds. The van der Waals surface area contributed by atoms with E-state index in [0.717, 1.165) is 0 Å². The number of anilines is 2. The van der Waals surface area contributed by atoms with E-state index in [0.29, 0.717) is 40.1 Å². The quantitative estimate of drug-likeness (QED) is 0.271. The third-order valence-corrected chi connectivity index (χ3v) is 5.31. The number of halogens is 1. The van der Waals surface area contributed by atoms with Gasteiger partial charge < -0.3 is 24.8 Å². The minimum absolute atomic E-state index is 0.113. The number of rotatable bonds is 12. The van der Waals surface area contributed by atoms with Crippen molar-refractivity contribution in [2.24, 2.45) is 5.92 Å². The molecule has 2 N–H and O–H groups in total. The molecule has 39 heavy (non-hydrogen) atoms. The monoisotopic (exact) mass is 552 g/mol. The fourth-order valence-corrected chi connectivity index (χ4v) is 3.24. The highest BCUT2D eigenvalue weighted by Gasteiger charge is 2.12. The standard InChI is InChI=1S/C29H29ClN2O7/c1-19(2)17-38-29(36)20-3-7-22(8-4-20)32-27(34)18-37-28(35)16-15-26(33)31-23-9-13-25(14-10-23)39-24-11-5-21(30)6-12-24/h3-14,19H,15-18H2,1-2H3,(H,31,33)(H,32,34). The molecule has 0 unspecified atom stereocenters. The summed E-state index contributed by atoms with van der Waals surface area (Å²) in [5.41, 5.74) is 1.33. The molecule has 0 saturated heterocycles. The molecule has 0 aliphatic carbocycles. The van der Waals surface area contributed by atoms with Gasteiger partial charge in [-0.3, -0.25) is 14.4 Å². The maximum atomic E-state index is 12.2. The molecule has 0 aliphatic heterocycles. The Bertz CT molecular complexity index is 1270. The topological polar surface area (TPSA) is 120 Å². The molecule has 3 rings (SSSR count). The van der Waals surface area contributed by atoms with Gasteiger partial charge in [-0.25, -0.2) is 4.79 Å². The van der Waals surface area contributed by atoms with Crippen LogP contribution in [0.15, 0.2) is 72.8 Å². The second kappa shape index (κ2) is 14.5. The van der Waals surface area contributed by atoms with Gasteiger partial charge in [-0.15, -0.1) is 0 Å². The molecule has 0 radical (unpaired) electrons. The predicted molar refractivity (Wildman–Crippen MR) is 147 cm³/mol. The number of hydrogen-bond acceptors (Lipinski definition) is 7. The van der Waals surface area contributed by atoms with Crippen LogP contribution in [0.25, 0.3) is 0 Å². The molecule has 9 nitrogen and oxygen atoms in total. The molecule has 204 valence electrons. The molecule has 0 atom stereocenters. The van der Waals surface area contributed by atoms with Gasteiger partial charge in [-0.2, -0.15) is 0 Å². The Kier molecular flexibility index (Phi) is 10.9. The van der Waals surface area contributed by atoms with Crippen LogP contribution in [-0.4, -0.2) is 37.0 Å². The molecule has 0 heterocycles. The Morgan fingerprint density at radius 1 is 0.718 bits per heavy atom. The summed E-state index contributed by atoms with van der Waals surface area (Å²) in [7, 11) is 0. The lowest BCUT2D eigenvalue weighted by Crippen LogP contribution is -2.21. The minimum atomic E-state index is -0.685. The third kappa shape index (κ3) is 10.5. The number of carbonyl (C=O) groups is 4. The van der Waals surface area contributed by atoms with Crippen molar-refractivity contribution in [3.8, 4) is 11.5 Å². The molecule has 10 heteroatoms. The van der Waals surface area contributed by atoms with Gasteiger partial charge in [0.05, 0.1) is 18.6 Å². The summed E-state index contributed by atoms with van der Waals surface area (Å²) >= 11 is 5.86. The lowest BCUT2D eigenvalue weighted by molar-refractivity contribution is -0.147. The smallest absolute Gasteiger partial charge is 0.338 e. The number of benzene rings is 3. The minimum Gasteiger partial charge on any atom is -0.462 e. The summed E-state index contributed by atoms with van der Waals surface area (Å²) in [4.78, 5) is 48.2. The van der Waals surface area contributed by atoms with Crippen LogP contribution in [0.1, 0.15) is 37.0 Å². The van der Waals surface area contributed by atoms with E-state index in [1.807, 2.05) is 13.8 Å². The van der Waals surface area contributed by atoms with Crippen LogP contribution in [0.5, 0.6) is 11.5 Å². The van der Waals surface area contributed by atoms with Crippen LogP contribution in [0.4, 0.5) is 11.4 Å². The van der Waals surface area contributed by atoms with Crippen molar-refractivity contribution >= 4 is 46.7 Å². The first-order valence-corrected chi connectivity index (χ1v) is 12.6. The number of esters is 2. The first kappa shape index (κ1) is 29.2. The van der Waals surface area contributed by atoms with Crippen LogP contribution in [0.3, 0.4) is 0 Å². The average molecular weight is 553 g/mol. The van der Waals surface area contributed by atoms with Crippen molar-refractivity contribution in [2.45, 2.75) is 26.7 Å². The zero-order valence-corrected chi connectivity index (χ0v) is 22.3. The summed E-state index contributed by atoms with van der Waals surface area (Å²) < 4.78 is 15.8. The van der Waals surface area contributed by atoms with Crippen LogP contribution in [0, 0.1) is 5.92 Å². The van der Waals surface area contributed by atoms with Gasteiger partial charge in [0, 0.05) is 22.8 Å². The second-order valence-electron chi connectivity index (χ2n) is 8.91. The van der Waals surface area contributed by atoms with Gasteiger partial charge in [0.2, 0.25) is 5.91 Å². The Morgan fingerprint density at radius 3 is 1.85 bits per heavy atom. The molecule has 0 bridgehead atoms. The van der Waals surface area contributed by atoms with E-state index in [9.17, 15) is 19.2 Å². The Hall–Kier alpha value is -4.37. The molecule has 0 saturated carbocycles. The zero-order chi connectivity index (χ0) is 28.2. The van der Waals surface area contributed by atoms with Crippen LogP contribution in [0.2, 0.25) is 5.02 Å². The van der Waals surface area contributed by atoms with E-state index in [-0.39, 0.29) is 24.7 Å². The first-order chi connectivity index (χ1) is 18.7. The van der Waals surface area contributed by atoms with Gasteiger partial charge in [-0.1, -0.05) is 25.4 Å². The van der Waals surface area contributed by atoms with Gasteiger partial charge >= 0.3 is 11.9 Å². The van der Waals surface area contributed by atoms with E-state index in [1.54, 1.807) is 60.7 Å². The van der Waals surface area contributed by atoms with E-state index >= 15 is 0 Å². The number of amides is 2. The van der Waals surface area contributed by atoms with Crippen LogP contribution < -0.4 is 15.4 Å². The SMILES string of the molecule is CC(C)COC(=O)c1ccc(NC(=O)COC(=O)CCC(=O)Nc2ccc(Oc3ccc(Cl)cc3)cc2)cc1. The predicted octanol–water partition coefficient (Wildman–Crippen LogP) is 5.85. The highest BCUT2D eigenvalue weighted by Crippen LogP contribution is 2.24. The van der Waals surface area contributed by atoms with Crippen molar-refractivity contribution in [3.05, 3.63) is 83.4 Å². The maximum absolute atomic E-state index is 12.2. The molecule has 3 aromatic rings. The van der Waals surface area contributed by atoms with E-state index in [4.69, 9.17) is 25.8 Å². The highest BCUT2D eigenvalue weighted by atomic mass is 35.5. The van der Waals surface area contributed by atoms with Gasteiger partial charge in [0.15, 0.2) is 6.61 Å². The van der Waals surface area contributed by atoms with Gasteiger partial charge in [0.25, 0.3) is 5.91 Å². The van der Waals surface area contributed by atoms with Crippen LogP contribution >= 0.6 is 11.6 Å². The van der Waals surface area contributed by atoms with Gasteiger partial charge in [0.1, 0.15) is 11.5 Å². The molecule has 0 aliphatic rings. The first-order valence-electron chi connectivity index (χ1n) is 12.2. The maximum Gasteiger partial charge on any atom is 0.338 e. The van der Waals surface area contributed by atoms with Crippen molar-refractivity contribution in [3.63, 3.8) is 0 Å². The Balaban J connectivity index is 1.34. The summed E-state index contributed by atoms with van der Waals surface area (Å²) in [6.07, 6.45) is -0.304.